The van der Waals surface area contributed by atoms with E-state index in [2.05, 4.69) is 54.1 Å². The third-order valence-corrected chi connectivity index (χ3v) is 7.30. The van der Waals surface area contributed by atoms with Crippen LogP contribution in [0.3, 0.4) is 0 Å². The number of carbonyl (C=O) groups excluding carboxylic acids is 1. The van der Waals surface area contributed by atoms with E-state index in [1.807, 2.05) is 26.8 Å². The van der Waals surface area contributed by atoms with E-state index in [4.69, 9.17) is 9.72 Å². The molecule has 0 aliphatic carbocycles. The van der Waals surface area contributed by atoms with E-state index in [-0.39, 0.29) is 5.78 Å². The third kappa shape index (κ3) is 4.20. The van der Waals surface area contributed by atoms with Crippen LogP contribution in [0.4, 0.5) is 5.82 Å². The molecule has 2 aliphatic heterocycles. The lowest BCUT2D eigenvalue weighted by molar-refractivity contribution is 0.0225. The molecule has 3 aromatic rings. The Morgan fingerprint density at radius 1 is 0.941 bits per heavy atom. The van der Waals surface area contributed by atoms with Crippen molar-refractivity contribution >= 4 is 11.6 Å². The summed E-state index contributed by atoms with van der Waals surface area (Å²) in [5.74, 6) is 2.80. The van der Waals surface area contributed by atoms with Crippen LogP contribution >= 0.6 is 0 Å². The molecular weight excluding hydrogens is 422 g/mol. The van der Waals surface area contributed by atoms with Crippen molar-refractivity contribution in [3.8, 4) is 5.75 Å². The third-order valence-electron chi connectivity index (χ3n) is 7.30. The van der Waals surface area contributed by atoms with Gasteiger partial charge in [-0.15, -0.1) is 0 Å². The van der Waals surface area contributed by atoms with E-state index in [0.29, 0.717) is 6.42 Å². The average molecular weight is 456 g/mol. The lowest BCUT2D eigenvalue weighted by Crippen LogP contribution is -2.51. The minimum atomic E-state index is -0.422. The zero-order valence-electron chi connectivity index (χ0n) is 20.9. The number of anilines is 1. The molecule has 1 saturated heterocycles. The van der Waals surface area contributed by atoms with Gasteiger partial charge in [-0.05, 0) is 57.4 Å². The largest absolute Gasteiger partial charge is 0.486 e. The van der Waals surface area contributed by atoms with Crippen LogP contribution < -0.4 is 9.64 Å². The summed E-state index contributed by atoms with van der Waals surface area (Å²) < 4.78 is 6.61. The number of aryl methyl sites for hydroxylation is 5. The molecule has 0 N–H and O–H groups in total. The maximum atomic E-state index is 13.1. The standard InChI is InChI=1S/C29H33N3O2/c1-18-6-8-23(9-7-18)16-24-21(4)30-22(5)31-28(24)32-12-10-29(11-13-32)17-26(33)25-15-19(2)14-20(3)27(25)34-29/h6-9,14-15H,10-13,16-17H2,1-5H3. The molecule has 3 heterocycles. The molecule has 5 heteroatoms. The van der Waals surface area contributed by atoms with Crippen LogP contribution in [0.5, 0.6) is 5.75 Å². The molecule has 176 valence electrons. The Labute approximate surface area is 202 Å². The molecule has 1 aromatic heterocycles. The monoisotopic (exact) mass is 455 g/mol. The van der Waals surface area contributed by atoms with Crippen LogP contribution in [0.25, 0.3) is 0 Å². The van der Waals surface area contributed by atoms with E-state index >= 15 is 0 Å². The summed E-state index contributed by atoms with van der Waals surface area (Å²) in [6.07, 6.45) is 2.87. The normalized spacial score (nSPS) is 17.0. The van der Waals surface area contributed by atoms with Crippen molar-refractivity contribution in [3.63, 3.8) is 0 Å². The molecule has 0 saturated carbocycles. The Kier molecular flexibility index (Phi) is 5.67. The number of benzene rings is 2. The van der Waals surface area contributed by atoms with E-state index in [1.165, 1.54) is 16.7 Å². The fraction of sp³-hybridized carbons (Fsp3) is 0.414. The molecule has 5 nitrogen and oxygen atoms in total. The van der Waals surface area contributed by atoms with Crippen LogP contribution in [0.15, 0.2) is 36.4 Å². The van der Waals surface area contributed by atoms with Crippen LogP contribution in [-0.4, -0.2) is 34.4 Å². The van der Waals surface area contributed by atoms with Crippen molar-refractivity contribution in [2.75, 3.05) is 18.0 Å². The first-order chi connectivity index (χ1) is 16.2. The molecule has 2 aromatic carbocycles. The number of hydrogen-bond acceptors (Lipinski definition) is 5. The first-order valence-electron chi connectivity index (χ1n) is 12.2. The van der Waals surface area contributed by atoms with E-state index in [1.54, 1.807) is 0 Å². The van der Waals surface area contributed by atoms with Crippen LogP contribution in [0.1, 0.15) is 69.0 Å². The topological polar surface area (TPSA) is 55.3 Å². The van der Waals surface area contributed by atoms with Crippen LogP contribution in [0.2, 0.25) is 0 Å². The predicted molar refractivity (Wildman–Crippen MR) is 135 cm³/mol. The van der Waals surface area contributed by atoms with E-state index < -0.39 is 5.60 Å². The number of nitrogens with zero attached hydrogens (tertiary/aromatic N) is 3. The van der Waals surface area contributed by atoms with Crippen molar-refractivity contribution in [2.45, 2.75) is 65.9 Å². The first kappa shape index (κ1) is 22.6. The summed E-state index contributed by atoms with van der Waals surface area (Å²) >= 11 is 0. The molecule has 5 rings (SSSR count). The number of ether oxygens (including phenoxy) is 1. The Morgan fingerprint density at radius 3 is 2.35 bits per heavy atom. The summed E-state index contributed by atoms with van der Waals surface area (Å²) in [5.41, 5.74) is 7.22. The van der Waals surface area contributed by atoms with E-state index in [9.17, 15) is 4.79 Å². The summed E-state index contributed by atoms with van der Waals surface area (Å²) in [5, 5.41) is 0. The van der Waals surface area contributed by atoms with Crippen LogP contribution in [0, 0.1) is 34.6 Å². The highest BCUT2D eigenvalue weighted by Crippen LogP contribution is 2.42. The van der Waals surface area contributed by atoms with Gasteiger partial charge in [-0.1, -0.05) is 35.9 Å². The Balaban J connectivity index is 1.40. The number of hydrogen-bond donors (Lipinski definition) is 0. The second-order valence-electron chi connectivity index (χ2n) is 10.2. The second-order valence-corrected chi connectivity index (χ2v) is 10.2. The smallest absolute Gasteiger partial charge is 0.170 e. The molecule has 0 unspecified atom stereocenters. The summed E-state index contributed by atoms with van der Waals surface area (Å²) in [7, 11) is 0. The van der Waals surface area contributed by atoms with Crippen molar-refractivity contribution < 1.29 is 9.53 Å². The maximum Gasteiger partial charge on any atom is 0.170 e. The van der Waals surface area contributed by atoms with E-state index in [0.717, 1.165) is 72.1 Å². The number of aromatic nitrogens is 2. The quantitative estimate of drug-likeness (QED) is 0.513. The van der Waals surface area contributed by atoms with Gasteiger partial charge >= 0.3 is 0 Å². The highest BCUT2D eigenvalue weighted by Gasteiger charge is 2.44. The van der Waals surface area contributed by atoms with Crippen molar-refractivity contribution in [1.82, 2.24) is 9.97 Å². The zero-order chi connectivity index (χ0) is 24.0. The molecule has 1 spiro atoms. The van der Waals surface area contributed by atoms with Gasteiger partial charge in [0.25, 0.3) is 0 Å². The first-order valence-corrected chi connectivity index (χ1v) is 12.2. The van der Waals surface area contributed by atoms with Crippen molar-refractivity contribution in [3.05, 3.63) is 81.3 Å². The zero-order valence-corrected chi connectivity index (χ0v) is 20.9. The fourth-order valence-electron chi connectivity index (χ4n) is 5.44. The van der Waals surface area contributed by atoms with Gasteiger partial charge < -0.3 is 9.64 Å². The van der Waals surface area contributed by atoms with Gasteiger partial charge in [0, 0.05) is 43.6 Å². The minimum absolute atomic E-state index is 0.204. The van der Waals surface area contributed by atoms with Crippen molar-refractivity contribution in [2.24, 2.45) is 0 Å². The van der Waals surface area contributed by atoms with Gasteiger partial charge in [-0.2, -0.15) is 0 Å². The minimum Gasteiger partial charge on any atom is -0.486 e. The lowest BCUT2D eigenvalue weighted by atomic mass is 9.81. The number of fused-ring (bicyclic) bond motifs is 1. The number of piperidine rings is 1. The Hall–Kier alpha value is -3.21. The molecule has 34 heavy (non-hydrogen) atoms. The maximum absolute atomic E-state index is 13.1. The Bertz CT molecular complexity index is 1260. The fourth-order valence-corrected chi connectivity index (χ4v) is 5.44. The second kappa shape index (κ2) is 8.53. The molecule has 1 fully saturated rings. The summed E-state index contributed by atoms with van der Waals surface area (Å²) in [4.78, 5) is 25.0. The number of carbonyl (C=O) groups is 1. The number of rotatable bonds is 3. The highest BCUT2D eigenvalue weighted by molar-refractivity contribution is 6.01. The average Bonchev–Trinajstić information content (AvgIpc) is 2.78. The molecule has 0 radical (unpaired) electrons. The van der Waals surface area contributed by atoms with Gasteiger partial charge in [0.2, 0.25) is 0 Å². The van der Waals surface area contributed by atoms with Gasteiger partial charge in [0.1, 0.15) is 23.0 Å². The molecule has 2 aliphatic rings. The SMILES string of the molecule is Cc1ccc(Cc2c(C)nc(C)nc2N2CCC3(CC2)CC(=O)c2cc(C)cc(C)c2O3)cc1. The highest BCUT2D eigenvalue weighted by atomic mass is 16.5. The van der Waals surface area contributed by atoms with Gasteiger partial charge in [0.15, 0.2) is 5.78 Å². The van der Waals surface area contributed by atoms with Crippen molar-refractivity contribution in [1.29, 1.82) is 0 Å². The molecular formula is C29H33N3O2. The number of ketones is 1. The molecule has 0 atom stereocenters. The van der Waals surface area contributed by atoms with Gasteiger partial charge in [-0.3, -0.25) is 4.79 Å². The Morgan fingerprint density at radius 2 is 1.65 bits per heavy atom. The summed E-state index contributed by atoms with van der Waals surface area (Å²) in [6, 6.07) is 12.8. The predicted octanol–water partition coefficient (Wildman–Crippen LogP) is 5.61. The lowest BCUT2D eigenvalue weighted by Gasteiger charge is -2.45. The summed E-state index contributed by atoms with van der Waals surface area (Å²) in [6.45, 7) is 11.8. The molecule has 0 bridgehead atoms. The van der Waals surface area contributed by atoms with Crippen LogP contribution in [-0.2, 0) is 6.42 Å². The molecule has 0 amide bonds. The van der Waals surface area contributed by atoms with Gasteiger partial charge in [0.05, 0.1) is 12.0 Å². The van der Waals surface area contributed by atoms with Gasteiger partial charge in [-0.25, -0.2) is 9.97 Å². The number of Topliss-reactive ketones (excluding diaryl/α,β-unsaturated/α-hetero) is 1.